The molecule has 0 saturated carbocycles. The van der Waals surface area contributed by atoms with E-state index in [0.29, 0.717) is 12.5 Å². The van der Waals surface area contributed by atoms with E-state index in [1.165, 1.54) is 61.4 Å². The SMILES string of the molecule is CCCCCCCC/C=C\CCCC(CCCC/C(=C/C#N)c1cn(C(=O)CCN)c2ccccc12)c1nccc2ccccc12. The fraction of sp³-hybridized carbons (Fsp3) is 0.439. The van der Waals surface area contributed by atoms with Gasteiger partial charge in [0.1, 0.15) is 0 Å². The molecule has 2 N–H and O–H groups in total. The summed E-state index contributed by atoms with van der Waals surface area (Å²) >= 11 is 0. The summed E-state index contributed by atoms with van der Waals surface area (Å²) in [6, 6.07) is 20.9. The lowest BCUT2D eigenvalue weighted by Gasteiger charge is -2.18. The second kappa shape index (κ2) is 19.5. The topological polar surface area (TPSA) is 84.7 Å². The van der Waals surface area contributed by atoms with Crippen LogP contribution in [-0.4, -0.2) is 22.0 Å². The van der Waals surface area contributed by atoms with Crippen LogP contribution in [0.15, 0.2) is 85.2 Å². The van der Waals surface area contributed by atoms with Crippen LogP contribution in [0.5, 0.6) is 0 Å². The van der Waals surface area contributed by atoms with Crippen molar-refractivity contribution in [2.45, 2.75) is 109 Å². The summed E-state index contributed by atoms with van der Waals surface area (Å²) in [6.45, 7) is 2.58. The molecule has 1 unspecified atom stereocenters. The molecule has 0 bridgehead atoms. The van der Waals surface area contributed by atoms with Crippen molar-refractivity contribution >= 4 is 33.2 Å². The van der Waals surface area contributed by atoms with E-state index in [1.807, 2.05) is 36.7 Å². The molecule has 4 aromatic rings. The lowest BCUT2D eigenvalue weighted by Crippen LogP contribution is -2.14. The van der Waals surface area contributed by atoms with Gasteiger partial charge in [0.05, 0.1) is 17.3 Å². The second-order valence-electron chi connectivity index (χ2n) is 12.5. The fourth-order valence-corrected chi connectivity index (χ4v) is 6.60. The Hall–Kier alpha value is -4.01. The van der Waals surface area contributed by atoms with E-state index in [-0.39, 0.29) is 12.3 Å². The van der Waals surface area contributed by atoms with Crippen LogP contribution < -0.4 is 5.73 Å². The molecule has 5 nitrogen and oxygen atoms in total. The Labute approximate surface area is 276 Å². The molecular formula is C41H52N4O. The zero-order valence-corrected chi connectivity index (χ0v) is 27.8. The van der Waals surface area contributed by atoms with E-state index in [4.69, 9.17) is 10.7 Å². The first-order chi connectivity index (χ1) is 22.7. The molecule has 2 aromatic carbocycles. The van der Waals surface area contributed by atoms with Crippen LogP contribution in [0.3, 0.4) is 0 Å². The molecule has 2 heterocycles. The summed E-state index contributed by atoms with van der Waals surface area (Å²) in [5.41, 5.74) is 9.70. The number of hydrogen-bond acceptors (Lipinski definition) is 4. The van der Waals surface area contributed by atoms with Crippen LogP contribution in [0.1, 0.15) is 125 Å². The number of fused-ring (bicyclic) bond motifs is 2. The number of unbranched alkanes of at least 4 members (excludes halogenated alkanes) is 8. The third kappa shape index (κ3) is 9.99. The first-order valence-corrected chi connectivity index (χ1v) is 17.6. The third-order valence-corrected chi connectivity index (χ3v) is 9.08. The molecule has 0 radical (unpaired) electrons. The first-order valence-electron chi connectivity index (χ1n) is 17.6. The molecule has 0 aliphatic heterocycles. The maximum Gasteiger partial charge on any atom is 0.232 e. The molecule has 0 spiro atoms. The minimum absolute atomic E-state index is 0.0241. The van der Waals surface area contributed by atoms with Crippen molar-refractivity contribution in [3.63, 3.8) is 0 Å². The Kier molecular flexibility index (Phi) is 14.8. The molecule has 242 valence electrons. The fourth-order valence-electron chi connectivity index (χ4n) is 6.60. The van der Waals surface area contributed by atoms with Crippen molar-refractivity contribution in [3.8, 4) is 6.07 Å². The van der Waals surface area contributed by atoms with Crippen LogP contribution in [-0.2, 0) is 0 Å². The largest absolute Gasteiger partial charge is 0.330 e. The van der Waals surface area contributed by atoms with E-state index in [2.05, 4.69) is 55.5 Å². The Bertz CT molecular complexity index is 1620. The number of pyridine rings is 1. The summed E-state index contributed by atoms with van der Waals surface area (Å²) in [4.78, 5) is 17.7. The van der Waals surface area contributed by atoms with Crippen LogP contribution in [0.25, 0.3) is 27.2 Å². The monoisotopic (exact) mass is 616 g/mol. The van der Waals surface area contributed by atoms with Gasteiger partial charge in [-0.15, -0.1) is 0 Å². The van der Waals surface area contributed by atoms with E-state index < -0.39 is 0 Å². The Morgan fingerprint density at radius 3 is 2.39 bits per heavy atom. The molecule has 4 rings (SSSR count). The highest BCUT2D eigenvalue weighted by molar-refractivity contribution is 5.99. The Morgan fingerprint density at radius 1 is 0.870 bits per heavy atom. The predicted molar refractivity (Wildman–Crippen MR) is 194 cm³/mol. The molecule has 0 saturated heterocycles. The van der Waals surface area contributed by atoms with Crippen molar-refractivity contribution in [1.82, 2.24) is 9.55 Å². The zero-order chi connectivity index (χ0) is 32.4. The highest BCUT2D eigenvalue weighted by Gasteiger charge is 2.18. The standard InChI is InChI=1S/C41H52N4O/c1-2-3-4-5-6-7-8-9-10-11-12-21-35(41-36-23-16-15-20-34(36)28-31-44-41)22-14-13-19-33(26-29-42)38-32-45(40(46)27-30-43)39-25-18-17-24-37(38)39/h9-10,15-18,20,23-26,28,31-32,35H,2-8,11-14,19,21-22,27,30,43H2,1H3/b10-9-,33-26-. The molecule has 1 atom stereocenters. The van der Waals surface area contributed by atoms with Crippen molar-refractivity contribution < 1.29 is 4.79 Å². The highest BCUT2D eigenvalue weighted by Crippen LogP contribution is 2.34. The Morgan fingerprint density at radius 2 is 1.59 bits per heavy atom. The van der Waals surface area contributed by atoms with E-state index >= 15 is 0 Å². The number of benzene rings is 2. The number of rotatable bonds is 20. The summed E-state index contributed by atoms with van der Waals surface area (Å²) in [5.74, 6) is 0.362. The molecular weight excluding hydrogens is 564 g/mol. The third-order valence-electron chi connectivity index (χ3n) is 9.08. The van der Waals surface area contributed by atoms with Crippen LogP contribution in [0.2, 0.25) is 0 Å². The number of nitrogens with zero attached hydrogens (tertiary/aromatic N) is 3. The number of hydrogen-bond donors (Lipinski definition) is 1. The van der Waals surface area contributed by atoms with Crippen molar-refractivity contribution in [3.05, 3.63) is 96.5 Å². The minimum Gasteiger partial charge on any atom is -0.330 e. The molecule has 0 amide bonds. The van der Waals surface area contributed by atoms with Gasteiger partial charge in [0, 0.05) is 53.7 Å². The molecule has 2 aromatic heterocycles. The molecule has 46 heavy (non-hydrogen) atoms. The molecule has 5 heteroatoms. The highest BCUT2D eigenvalue weighted by atomic mass is 16.2. The van der Waals surface area contributed by atoms with E-state index in [9.17, 15) is 10.1 Å². The van der Waals surface area contributed by atoms with Gasteiger partial charge < -0.3 is 5.73 Å². The molecule has 0 aliphatic rings. The summed E-state index contributed by atoms with van der Waals surface area (Å²) in [5, 5.41) is 13.2. The van der Waals surface area contributed by atoms with Gasteiger partial charge in [-0.3, -0.25) is 14.3 Å². The number of allylic oxidation sites excluding steroid dienone is 4. The number of nitrogens with two attached hydrogens (primary N) is 1. The lowest BCUT2D eigenvalue weighted by atomic mass is 9.88. The minimum atomic E-state index is -0.0241. The number of carbonyl (C=O) groups is 1. The first kappa shape index (κ1) is 34.9. The van der Waals surface area contributed by atoms with Crippen LogP contribution in [0.4, 0.5) is 0 Å². The normalized spacial score (nSPS) is 12.7. The van der Waals surface area contributed by atoms with Crippen molar-refractivity contribution in [2.75, 3.05) is 6.54 Å². The number of aromatic nitrogens is 2. The zero-order valence-electron chi connectivity index (χ0n) is 27.8. The maximum atomic E-state index is 12.8. The van der Waals surface area contributed by atoms with Gasteiger partial charge in [-0.1, -0.05) is 100 Å². The van der Waals surface area contributed by atoms with E-state index in [1.54, 1.807) is 10.6 Å². The number of para-hydroxylation sites is 1. The summed E-state index contributed by atoms with van der Waals surface area (Å²) < 4.78 is 1.70. The van der Waals surface area contributed by atoms with Gasteiger partial charge in [-0.05, 0) is 74.5 Å². The van der Waals surface area contributed by atoms with Gasteiger partial charge in [0.2, 0.25) is 5.91 Å². The summed E-state index contributed by atoms with van der Waals surface area (Å²) in [6.07, 6.45) is 27.0. The maximum absolute atomic E-state index is 12.8. The number of carbonyl (C=O) groups excluding carboxylic acids is 1. The van der Waals surface area contributed by atoms with Gasteiger partial charge in [-0.25, -0.2) is 0 Å². The number of nitriles is 1. The Balaban J connectivity index is 1.39. The molecule has 0 fully saturated rings. The quantitative estimate of drug-likeness (QED) is 0.0608. The van der Waals surface area contributed by atoms with Gasteiger partial charge in [0.15, 0.2) is 0 Å². The van der Waals surface area contributed by atoms with Crippen molar-refractivity contribution in [1.29, 1.82) is 5.26 Å². The van der Waals surface area contributed by atoms with Gasteiger partial charge >= 0.3 is 0 Å². The smallest absolute Gasteiger partial charge is 0.232 e. The summed E-state index contributed by atoms with van der Waals surface area (Å²) in [7, 11) is 0. The van der Waals surface area contributed by atoms with E-state index in [0.717, 1.165) is 67.0 Å². The van der Waals surface area contributed by atoms with Gasteiger partial charge in [0.25, 0.3) is 0 Å². The lowest BCUT2D eigenvalue weighted by molar-refractivity contribution is 0.0911. The average Bonchev–Trinajstić information content (AvgIpc) is 3.47. The van der Waals surface area contributed by atoms with Crippen LogP contribution >= 0.6 is 0 Å². The van der Waals surface area contributed by atoms with Crippen molar-refractivity contribution in [2.24, 2.45) is 5.73 Å². The molecule has 0 aliphatic carbocycles. The average molecular weight is 617 g/mol. The van der Waals surface area contributed by atoms with Crippen LogP contribution in [0, 0.1) is 11.3 Å². The van der Waals surface area contributed by atoms with Gasteiger partial charge in [-0.2, -0.15) is 5.26 Å². The predicted octanol–water partition coefficient (Wildman–Crippen LogP) is 10.9. The second-order valence-corrected chi connectivity index (χ2v) is 12.5.